The summed E-state index contributed by atoms with van der Waals surface area (Å²) < 4.78 is 6.07. The van der Waals surface area contributed by atoms with Gasteiger partial charge in [0.2, 0.25) is 0 Å². The second-order valence-corrected chi connectivity index (χ2v) is 5.96. The van der Waals surface area contributed by atoms with E-state index in [-0.39, 0.29) is 12.5 Å². The molecular weight excluding hydrogens is 296 g/mol. The summed E-state index contributed by atoms with van der Waals surface area (Å²) >= 11 is 0. The molecule has 0 aliphatic rings. The molecule has 24 heavy (non-hydrogen) atoms. The van der Waals surface area contributed by atoms with Crippen LogP contribution in [-0.2, 0) is 6.61 Å². The highest BCUT2D eigenvalue weighted by atomic mass is 16.5. The smallest absolute Gasteiger partial charge is 0.123 e. The summed E-state index contributed by atoms with van der Waals surface area (Å²) in [4.78, 5) is 0. The molecule has 2 nitrogen and oxygen atoms in total. The summed E-state index contributed by atoms with van der Waals surface area (Å²) in [5.74, 6) is 0.740. The van der Waals surface area contributed by atoms with Crippen LogP contribution in [0, 0.1) is 6.92 Å². The minimum atomic E-state index is -0.0862. The first kappa shape index (κ1) is 16.3. The molecule has 0 heterocycles. The van der Waals surface area contributed by atoms with Gasteiger partial charge in [-0.2, -0.15) is 0 Å². The van der Waals surface area contributed by atoms with E-state index in [9.17, 15) is 5.11 Å². The zero-order valence-electron chi connectivity index (χ0n) is 13.9. The SMILES string of the molecule is Cc1ccc(OCc2ccccc2)c([C@H](CO)c2ccccc2)c1. The molecule has 3 aromatic carbocycles. The average Bonchev–Trinajstić information content (AvgIpc) is 2.63. The molecule has 3 rings (SSSR count). The van der Waals surface area contributed by atoms with E-state index in [4.69, 9.17) is 4.74 Å². The summed E-state index contributed by atoms with van der Waals surface area (Å²) in [6.07, 6.45) is 0. The average molecular weight is 318 g/mol. The van der Waals surface area contributed by atoms with Gasteiger partial charge in [-0.05, 0) is 24.1 Å². The number of benzene rings is 3. The van der Waals surface area contributed by atoms with Crippen LogP contribution in [0.5, 0.6) is 5.75 Å². The molecule has 0 saturated carbocycles. The highest BCUT2D eigenvalue weighted by molar-refractivity contribution is 5.44. The number of aliphatic hydroxyl groups is 1. The fourth-order valence-corrected chi connectivity index (χ4v) is 2.88. The van der Waals surface area contributed by atoms with Crippen molar-refractivity contribution in [1.29, 1.82) is 0 Å². The number of rotatable bonds is 6. The molecule has 0 fully saturated rings. The molecule has 2 heteroatoms. The normalized spacial score (nSPS) is 11.9. The Morgan fingerprint density at radius 3 is 2.21 bits per heavy atom. The Morgan fingerprint density at radius 2 is 1.54 bits per heavy atom. The molecule has 0 saturated heterocycles. The first-order valence-corrected chi connectivity index (χ1v) is 8.21. The summed E-state index contributed by atoms with van der Waals surface area (Å²) in [7, 11) is 0. The Kier molecular flexibility index (Phi) is 5.29. The van der Waals surface area contributed by atoms with Gasteiger partial charge < -0.3 is 9.84 Å². The maximum Gasteiger partial charge on any atom is 0.123 e. The monoisotopic (exact) mass is 318 g/mol. The van der Waals surface area contributed by atoms with E-state index in [2.05, 4.69) is 25.1 Å². The highest BCUT2D eigenvalue weighted by Crippen LogP contribution is 2.33. The quantitative estimate of drug-likeness (QED) is 0.714. The zero-order valence-corrected chi connectivity index (χ0v) is 13.9. The lowest BCUT2D eigenvalue weighted by atomic mass is 9.90. The van der Waals surface area contributed by atoms with Crippen molar-refractivity contribution < 1.29 is 9.84 Å². The van der Waals surface area contributed by atoms with Gasteiger partial charge in [0, 0.05) is 11.5 Å². The number of hydrogen-bond acceptors (Lipinski definition) is 2. The lowest BCUT2D eigenvalue weighted by Gasteiger charge is -2.20. The van der Waals surface area contributed by atoms with E-state index >= 15 is 0 Å². The third kappa shape index (κ3) is 3.84. The predicted octanol–water partition coefficient (Wildman–Crippen LogP) is 4.70. The van der Waals surface area contributed by atoms with Gasteiger partial charge in [-0.1, -0.05) is 78.4 Å². The van der Waals surface area contributed by atoms with Crippen LogP contribution in [0.15, 0.2) is 78.9 Å². The Balaban J connectivity index is 1.90. The van der Waals surface area contributed by atoms with Crippen molar-refractivity contribution in [3.8, 4) is 5.75 Å². The summed E-state index contributed by atoms with van der Waals surface area (Å²) in [5, 5.41) is 9.98. The minimum Gasteiger partial charge on any atom is -0.489 e. The van der Waals surface area contributed by atoms with Crippen LogP contribution in [-0.4, -0.2) is 11.7 Å². The largest absolute Gasteiger partial charge is 0.489 e. The molecule has 0 aromatic heterocycles. The van der Waals surface area contributed by atoms with Gasteiger partial charge in [-0.15, -0.1) is 0 Å². The van der Waals surface area contributed by atoms with Crippen molar-refractivity contribution >= 4 is 0 Å². The first-order chi connectivity index (χ1) is 11.8. The van der Waals surface area contributed by atoms with E-state index in [0.29, 0.717) is 6.61 Å². The Morgan fingerprint density at radius 1 is 0.875 bits per heavy atom. The Bertz CT molecular complexity index is 766. The van der Waals surface area contributed by atoms with Gasteiger partial charge in [0.05, 0.1) is 6.61 Å². The molecule has 0 bridgehead atoms. The molecular formula is C22H22O2. The molecule has 1 atom stereocenters. The lowest BCUT2D eigenvalue weighted by Crippen LogP contribution is -2.09. The van der Waals surface area contributed by atoms with Crippen LogP contribution in [0.25, 0.3) is 0 Å². The molecule has 0 aliphatic heterocycles. The van der Waals surface area contributed by atoms with Gasteiger partial charge in [0.25, 0.3) is 0 Å². The van der Waals surface area contributed by atoms with E-state index in [0.717, 1.165) is 28.0 Å². The summed E-state index contributed by atoms with van der Waals surface area (Å²) in [6, 6.07) is 26.3. The standard InChI is InChI=1S/C22H22O2/c1-17-12-13-22(24-16-18-8-4-2-5-9-18)20(14-17)21(15-23)19-10-6-3-7-11-19/h2-14,21,23H,15-16H2,1H3/t21-/m1/s1. The Labute approximate surface area is 143 Å². The zero-order chi connectivity index (χ0) is 16.8. The fraction of sp³-hybridized carbons (Fsp3) is 0.182. The third-order valence-corrected chi connectivity index (χ3v) is 4.16. The molecule has 0 aliphatic carbocycles. The van der Waals surface area contributed by atoms with E-state index in [1.807, 2.05) is 60.7 Å². The molecule has 122 valence electrons. The van der Waals surface area contributed by atoms with Crippen molar-refractivity contribution in [3.63, 3.8) is 0 Å². The number of aliphatic hydroxyl groups excluding tert-OH is 1. The molecule has 0 spiro atoms. The van der Waals surface area contributed by atoms with Gasteiger partial charge in [0.15, 0.2) is 0 Å². The summed E-state index contributed by atoms with van der Waals surface area (Å²) in [6.45, 7) is 2.63. The lowest BCUT2D eigenvalue weighted by molar-refractivity contribution is 0.269. The Hall–Kier alpha value is -2.58. The van der Waals surface area contributed by atoms with E-state index in [1.165, 1.54) is 0 Å². The number of ether oxygens (including phenoxy) is 1. The second-order valence-electron chi connectivity index (χ2n) is 5.96. The van der Waals surface area contributed by atoms with E-state index < -0.39 is 0 Å². The van der Waals surface area contributed by atoms with Gasteiger partial charge in [-0.3, -0.25) is 0 Å². The topological polar surface area (TPSA) is 29.5 Å². The molecule has 0 radical (unpaired) electrons. The van der Waals surface area contributed by atoms with E-state index in [1.54, 1.807) is 0 Å². The fourth-order valence-electron chi connectivity index (χ4n) is 2.88. The van der Waals surface area contributed by atoms with Gasteiger partial charge in [0.1, 0.15) is 12.4 Å². The van der Waals surface area contributed by atoms with Gasteiger partial charge >= 0.3 is 0 Å². The van der Waals surface area contributed by atoms with Crippen LogP contribution < -0.4 is 4.74 Å². The third-order valence-electron chi connectivity index (χ3n) is 4.16. The maximum absolute atomic E-state index is 9.98. The van der Waals surface area contributed by atoms with Gasteiger partial charge in [-0.25, -0.2) is 0 Å². The molecule has 0 amide bonds. The van der Waals surface area contributed by atoms with Crippen LogP contribution in [0.1, 0.15) is 28.2 Å². The highest BCUT2D eigenvalue weighted by Gasteiger charge is 2.18. The van der Waals surface area contributed by atoms with Crippen LogP contribution in [0.3, 0.4) is 0 Å². The van der Waals surface area contributed by atoms with Crippen molar-refractivity contribution in [3.05, 3.63) is 101 Å². The van der Waals surface area contributed by atoms with Crippen molar-refractivity contribution in [2.45, 2.75) is 19.4 Å². The van der Waals surface area contributed by atoms with Crippen molar-refractivity contribution in [1.82, 2.24) is 0 Å². The summed E-state index contributed by atoms with van der Waals surface area (Å²) in [5.41, 5.74) is 4.41. The van der Waals surface area contributed by atoms with Crippen molar-refractivity contribution in [2.24, 2.45) is 0 Å². The van der Waals surface area contributed by atoms with Crippen LogP contribution in [0.4, 0.5) is 0 Å². The number of hydrogen-bond donors (Lipinski definition) is 1. The molecule has 0 unspecified atom stereocenters. The number of aryl methyl sites for hydroxylation is 1. The van der Waals surface area contributed by atoms with Crippen LogP contribution >= 0.6 is 0 Å². The minimum absolute atomic E-state index is 0.0508. The second kappa shape index (κ2) is 7.80. The predicted molar refractivity (Wildman–Crippen MR) is 97.3 cm³/mol. The van der Waals surface area contributed by atoms with Crippen molar-refractivity contribution in [2.75, 3.05) is 6.61 Å². The van der Waals surface area contributed by atoms with Crippen LogP contribution in [0.2, 0.25) is 0 Å². The molecule has 1 N–H and O–H groups in total. The first-order valence-electron chi connectivity index (χ1n) is 8.21. The maximum atomic E-state index is 9.98. The molecule has 3 aromatic rings.